The highest BCUT2D eigenvalue weighted by atomic mass is 16.7. The molecule has 3 aliphatic heterocycles. The fourth-order valence-electron chi connectivity index (χ4n) is 4.37. The van der Waals surface area contributed by atoms with Gasteiger partial charge in [-0.15, -0.1) is 0 Å². The van der Waals surface area contributed by atoms with E-state index >= 15 is 0 Å². The third-order valence-electron chi connectivity index (χ3n) is 5.93. The lowest BCUT2D eigenvalue weighted by atomic mass is 9.97. The molecule has 8 heteroatoms. The van der Waals surface area contributed by atoms with E-state index in [1.165, 1.54) is 10.5 Å². The van der Waals surface area contributed by atoms with Crippen LogP contribution in [0.15, 0.2) is 30.3 Å². The van der Waals surface area contributed by atoms with Crippen molar-refractivity contribution in [1.82, 2.24) is 4.90 Å². The summed E-state index contributed by atoms with van der Waals surface area (Å²) in [6.07, 6.45) is 0.938. The van der Waals surface area contributed by atoms with Crippen LogP contribution in [-0.2, 0) is 22.6 Å². The third-order valence-corrected chi connectivity index (χ3v) is 5.93. The maximum atomic E-state index is 13.2. The number of ether oxygens (including phenoxy) is 4. The lowest BCUT2D eigenvalue weighted by molar-refractivity contribution is -0.123. The number of hydrogen-bond acceptors (Lipinski definition) is 7. The van der Waals surface area contributed by atoms with Gasteiger partial charge in [0.05, 0.1) is 32.4 Å². The number of rotatable bonds is 4. The lowest BCUT2D eigenvalue weighted by Gasteiger charge is -2.32. The maximum Gasteiger partial charge on any atom is 0.251 e. The molecule has 0 N–H and O–H groups in total. The van der Waals surface area contributed by atoms with Crippen LogP contribution >= 0.6 is 0 Å². The Hall–Kier alpha value is -3.26. The van der Waals surface area contributed by atoms with Gasteiger partial charge in [0.1, 0.15) is 0 Å². The largest absolute Gasteiger partial charge is 0.493 e. The number of carbonyl (C=O) groups is 2. The van der Waals surface area contributed by atoms with E-state index in [2.05, 4.69) is 4.90 Å². The van der Waals surface area contributed by atoms with E-state index in [-0.39, 0.29) is 25.0 Å². The van der Waals surface area contributed by atoms with Crippen molar-refractivity contribution in [3.63, 3.8) is 0 Å². The summed E-state index contributed by atoms with van der Waals surface area (Å²) in [5.74, 6) is 2.11. The molecule has 8 nitrogen and oxygen atoms in total. The van der Waals surface area contributed by atoms with E-state index in [0.717, 1.165) is 12.0 Å². The molecule has 0 radical (unpaired) electrons. The Morgan fingerprint density at radius 2 is 1.70 bits per heavy atom. The second kappa shape index (κ2) is 7.21. The van der Waals surface area contributed by atoms with Gasteiger partial charge in [-0.05, 0) is 41.8 Å². The highest BCUT2D eigenvalue weighted by Gasteiger charge is 2.43. The highest BCUT2D eigenvalue weighted by molar-refractivity contribution is 6.22. The van der Waals surface area contributed by atoms with Crippen molar-refractivity contribution in [3.05, 3.63) is 41.5 Å². The molecule has 0 spiro atoms. The molecule has 0 bridgehead atoms. The molecule has 30 heavy (non-hydrogen) atoms. The zero-order valence-electron chi connectivity index (χ0n) is 16.8. The predicted octanol–water partition coefficient (Wildman–Crippen LogP) is 2.12. The summed E-state index contributed by atoms with van der Waals surface area (Å²) in [5.41, 5.74) is 2.77. The Balaban J connectivity index is 1.38. The van der Waals surface area contributed by atoms with E-state index in [1.807, 2.05) is 12.1 Å². The van der Waals surface area contributed by atoms with Gasteiger partial charge >= 0.3 is 0 Å². The predicted molar refractivity (Wildman–Crippen MR) is 107 cm³/mol. The van der Waals surface area contributed by atoms with E-state index in [0.29, 0.717) is 41.8 Å². The number of nitrogens with zero attached hydrogens (tertiary/aromatic N) is 2. The molecule has 2 amide bonds. The van der Waals surface area contributed by atoms with Crippen molar-refractivity contribution in [2.45, 2.75) is 25.4 Å². The Bertz CT molecular complexity index is 1040. The Morgan fingerprint density at radius 1 is 0.967 bits per heavy atom. The molecular weight excluding hydrogens is 388 g/mol. The second-order valence-corrected chi connectivity index (χ2v) is 7.52. The van der Waals surface area contributed by atoms with Crippen LogP contribution in [0.4, 0.5) is 5.69 Å². The first-order valence-electron chi connectivity index (χ1n) is 9.83. The van der Waals surface area contributed by atoms with Crippen molar-refractivity contribution in [3.8, 4) is 23.0 Å². The molecule has 1 unspecified atom stereocenters. The van der Waals surface area contributed by atoms with Gasteiger partial charge in [0, 0.05) is 19.2 Å². The first kappa shape index (κ1) is 18.7. The molecule has 0 saturated carbocycles. The Labute approximate surface area is 173 Å². The topological polar surface area (TPSA) is 77.5 Å². The third kappa shape index (κ3) is 2.95. The second-order valence-electron chi connectivity index (χ2n) is 7.52. The van der Waals surface area contributed by atoms with Crippen LogP contribution in [0.5, 0.6) is 23.0 Å². The number of carbonyl (C=O) groups excluding carboxylic acids is 2. The molecule has 5 rings (SSSR count). The van der Waals surface area contributed by atoms with Crippen molar-refractivity contribution in [2.75, 3.05) is 32.5 Å². The Morgan fingerprint density at radius 3 is 2.47 bits per heavy atom. The van der Waals surface area contributed by atoms with Gasteiger partial charge in [-0.1, -0.05) is 0 Å². The Kier molecular flexibility index (Phi) is 4.51. The van der Waals surface area contributed by atoms with Gasteiger partial charge in [0.25, 0.3) is 5.91 Å². The summed E-state index contributed by atoms with van der Waals surface area (Å²) in [6, 6.07) is 8.59. The summed E-state index contributed by atoms with van der Waals surface area (Å²) < 4.78 is 21.5. The summed E-state index contributed by atoms with van der Waals surface area (Å²) in [4.78, 5) is 29.3. The smallest absolute Gasteiger partial charge is 0.251 e. The van der Waals surface area contributed by atoms with Crippen LogP contribution in [0.2, 0.25) is 0 Å². The number of fused-ring (bicyclic) bond motifs is 2. The van der Waals surface area contributed by atoms with Crippen LogP contribution in [-0.4, -0.2) is 50.3 Å². The molecule has 3 aliphatic rings. The number of anilines is 1. The number of imide groups is 1. The van der Waals surface area contributed by atoms with Gasteiger partial charge < -0.3 is 18.9 Å². The van der Waals surface area contributed by atoms with Crippen molar-refractivity contribution >= 4 is 17.5 Å². The van der Waals surface area contributed by atoms with Crippen molar-refractivity contribution in [2.24, 2.45) is 0 Å². The zero-order valence-corrected chi connectivity index (χ0v) is 16.8. The number of amides is 2. The zero-order chi connectivity index (χ0) is 20.8. The molecule has 1 saturated heterocycles. The quantitative estimate of drug-likeness (QED) is 0.715. The monoisotopic (exact) mass is 410 g/mol. The van der Waals surface area contributed by atoms with E-state index in [9.17, 15) is 9.59 Å². The minimum atomic E-state index is -0.482. The number of methoxy groups -OCH3 is 2. The van der Waals surface area contributed by atoms with E-state index in [4.69, 9.17) is 18.9 Å². The minimum absolute atomic E-state index is 0.144. The van der Waals surface area contributed by atoms with Gasteiger partial charge in [0.2, 0.25) is 12.7 Å². The summed E-state index contributed by atoms with van der Waals surface area (Å²) in [5, 5.41) is 0. The summed E-state index contributed by atoms with van der Waals surface area (Å²) in [6.45, 7) is 1.42. The maximum absolute atomic E-state index is 13.2. The normalized spacial score (nSPS) is 20.5. The van der Waals surface area contributed by atoms with Crippen LogP contribution in [0.1, 0.15) is 17.5 Å². The minimum Gasteiger partial charge on any atom is -0.493 e. The molecule has 2 aromatic carbocycles. The lowest BCUT2D eigenvalue weighted by Crippen LogP contribution is -2.44. The first-order chi connectivity index (χ1) is 14.6. The molecule has 156 valence electrons. The van der Waals surface area contributed by atoms with Crippen LogP contribution in [0.3, 0.4) is 0 Å². The highest BCUT2D eigenvalue weighted by Crippen LogP contribution is 2.38. The van der Waals surface area contributed by atoms with Gasteiger partial charge in [-0.3, -0.25) is 14.5 Å². The fourth-order valence-corrected chi connectivity index (χ4v) is 4.37. The molecule has 1 fully saturated rings. The van der Waals surface area contributed by atoms with E-state index < -0.39 is 6.04 Å². The van der Waals surface area contributed by atoms with Crippen LogP contribution < -0.4 is 23.8 Å². The fraction of sp³-hybridized carbons (Fsp3) is 0.364. The molecule has 1 atom stereocenters. The number of benzene rings is 2. The van der Waals surface area contributed by atoms with Crippen LogP contribution in [0, 0.1) is 0 Å². The number of hydrogen-bond donors (Lipinski definition) is 0. The van der Waals surface area contributed by atoms with Crippen LogP contribution in [0.25, 0.3) is 0 Å². The van der Waals surface area contributed by atoms with Gasteiger partial charge in [-0.25, -0.2) is 4.90 Å². The molecule has 0 aromatic heterocycles. The SMILES string of the molecule is COc1cc2c(cc1OC)CN(C1CC(=O)N(c3ccc4c(c3)OCO4)C1=O)CC2. The average Bonchev–Trinajstić information content (AvgIpc) is 3.35. The molecule has 0 aliphatic carbocycles. The average molecular weight is 410 g/mol. The van der Waals surface area contributed by atoms with Crippen molar-refractivity contribution < 1.29 is 28.5 Å². The molecule has 3 heterocycles. The van der Waals surface area contributed by atoms with Crippen molar-refractivity contribution in [1.29, 1.82) is 0 Å². The summed E-state index contributed by atoms with van der Waals surface area (Å²) >= 11 is 0. The molecular formula is C22H22N2O6. The standard InChI is InChI=1S/C22H22N2O6/c1-27-18-7-13-5-6-23(11-14(13)8-19(18)28-2)16-10-21(25)24(22(16)26)15-3-4-17-20(9-15)30-12-29-17/h3-4,7-9,16H,5-6,10-12H2,1-2H3. The van der Waals surface area contributed by atoms with E-state index in [1.54, 1.807) is 32.4 Å². The van der Waals surface area contributed by atoms with Gasteiger partial charge in [0.15, 0.2) is 23.0 Å². The molecule has 2 aromatic rings. The summed E-state index contributed by atoms with van der Waals surface area (Å²) in [7, 11) is 3.22. The van der Waals surface area contributed by atoms with Gasteiger partial charge in [-0.2, -0.15) is 0 Å². The first-order valence-corrected chi connectivity index (χ1v) is 9.83.